The highest BCUT2D eigenvalue weighted by Crippen LogP contribution is 1.89. The van der Waals surface area contributed by atoms with Crippen molar-refractivity contribution in [1.82, 2.24) is 4.90 Å². The largest absolute Gasteiger partial charge is 0.379 e. The predicted octanol–water partition coefficient (Wildman–Crippen LogP) is -0.722. The van der Waals surface area contributed by atoms with Crippen LogP contribution < -0.4 is 0 Å². The maximum atomic E-state index is 8.29. The second-order valence-electron chi connectivity index (χ2n) is 1.98. The monoisotopic (exact) mass is 165 g/mol. The minimum atomic E-state index is -0.750. The lowest BCUT2D eigenvalue weighted by Gasteiger charge is -2.21. The lowest BCUT2D eigenvalue weighted by atomic mass is 10.5. The van der Waals surface area contributed by atoms with E-state index in [4.69, 9.17) is 13.2 Å². The third kappa shape index (κ3) is 5.87. The molecule has 1 rings (SSSR count). The van der Waals surface area contributed by atoms with Crippen LogP contribution in [0.15, 0.2) is 0 Å². The zero-order valence-corrected chi connectivity index (χ0v) is 6.73. The molecule has 4 nitrogen and oxygen atoms in total. The zero-order valence-electron chi connectivity index (χ0n) is 5.91. The summed E-state index contributed by atoms with van der Waals surface area (Å²) in [7, 11) is 2.11. The third-order valence-corrected chi connectivity index (χ3v) is 1.23. The van der Waals surface area contributed by atoms with Crippen LogP contribution >= 0.6 is 0 Å². The molecule has 0 aromatic rings. The van der Waals surface area contributed by atoms with Gasteiger partial charge in [0, 0.05) is 13.1 Å². The number of likely N-dealkylation sites (N-methyl/N-ethyl adjacent to an activating group) is 1. The van der Waals surface area contributed by atoms with Gasteiger partial charge in [0.05, 0.1) is 13.2 Å². The molecule has 5 heteroatoms. The Morgan fingerprint density at radius 2 is 1.70 bits per heavy atom. The predicted molar refractivity (Wildman–Crippen MR) is 37.2 cm³/mol. The van der Waals surface area contributed by atoms with E-state index in [9.17, 15) is 0 Å². The van der Waals surface area contributed by atoms with Gasteiger partial charge < -0.3 is 9.64 Å². The summed E-state index contributed by atoms with van der Waals surface area (Å²) in [4.78, 5) is 2.27. The Morgan fingerprint density at radius 1 is 1.30 bits per heavy atom. The first-order valence-electron chi connectivity index (χ1n) is 2.99. The standard InChI is InChI=1S/C5H11NO.O2S/c1-6-2-4-7-5-3-6;1-3-2/h2-5H2,1H3;. The van der Waals surface area contributed by atoms with Crippen LogP contribution in [0.2, 0.25) is 0 Å². The number of nitrogens with zero attached hydrogens (tertiary/aromatic N) is 1. The number of hydrogen-bond donors (Lipinski definition) is 0. The van der Waals surface area contributed by atoms with E-state index in [1.807, 2.05) is 0 Å². The van der Waals surface area contributed by atoms with Crippen molar-refractivity contribution in [3.8, 4) is 0 Å². The average Bonchev–Trinajstić information content (AvgIpc) is 1.91. The van der Waals surface area contributed by atoms with Crippen LogP contribution in [0.3, 0.4) is 0 Å². The normalized spacial score (nSPS) is 18.9. The number of rotatable bonds is 0. The van der Waals surface area contributed by atoms with Gasteiger partial charge in [0.15, 0.2) is 0 Å². The molecule has 60 valence electrons. The molecule has 0 unspecified atom stereocenters. The van der Waals surface area contributed by atoms with Gasteiger partial charge in [0.25, 0.3) is 0 Å². The van der Waals surface area contributed by atoms with Crippen LogP contribution in [-0.4, -0.2) is 46.7 Å². The summed E-state index contributed by atoms with van der Waals surface area (Å²) in [6.45, 7) is 4.02. The summed E-state index contributed by atoms with van der Waals surface area (Å²) < 4.78 is 21.7. The Bertz CT molecular complexity index is 107. The molecule has 1 aliphatic heterocycles. The van der Waals surface area contributed by atoms with Gasteiger partial charge in [-0.25, -0.2) is 0 Å². The highest BCUT2D eigenvalue weighted by atomic mass is 32.1. The molecular weight excluding hydrogens is 154 g/mol. The molecule has 1 fully saturated rings. The smallest absolute Gasteiger partial charge is 0.335 e. The van der Waals surface area contributed by atoms with Crippen molar-refractivity contribution in [1.29, 1.82) is 0 Å². The summed E-state index contributed by atoms with van der Waals surface area (Å²) >= 11 is -0.750. The summed E-state index contributed by atoms with van der Waals surface area (Å²) in [5.74, 6) is 0. The van der Waals surface area contributed by atoms with E-state index < -0.39 is 11.6 Å². The van der Waals surface area contributed by atoms with E-state index in [1.165, 1.54) is 0 Å². The van der Waals surface area contributed by atoms with Gasteiger partial charge in [-0.2, -0.15) is 8.42 Å². The quantitative estimate of drug-likeness (QED) is 0.475. The average molecular weight is 165 g/mol. The topological polar surface area (TPSA) is 46.6 Å². The summed E-state index contributed by atoms with van der Waals surface area (Å²) in [5.41, 5.74) is 0. The van der Waals surface area contributed by atoms with Crippen molar-refractivity contribution in [2.45, 2.75) is 0 Å². The van der Waals surface area contributed by atoms with Crippen LogP contribution in [0, 0.1) is 0 Å². The van der Waals surface area contributed by atoms with Crippen LogP contribution in [-0.2, 0) is 16.3 Å². The van der Waals surface area contributed by atoms with Gasteiger partial charge in [-0.15, -0.1) is 0 Å². The molecule has 0 bridgehead atoms. The first kappa shape index (κ1) is 9.74. The molecule has 0 radical (unpaired) electrons. The first-order valence-corrected chi connectivity index (χ1v) is 3.66. The molecule has 0 aliphatic carbocycles. The van der Waals surface area contributed by atoms with Crippen LogP contribution in [0.1, 0.15) is 0 Å². The summed E-state index contributed by atoms with van der Waals surface area (Å²) in [5, 5.41) is 0. The van der Waals surface area contributed by atoms with E-state index in [0.717, 1.165) is 26.3 Å². The fourth-order valence-electron chi connectivity index (χ4n) is 0.655. The van der Waals surface area contributed by atoms with Crippen molar-refractivity contribution < 1.29 is 13.2 Å². The van der Waals surface area contributed by atoms with Crippen LogP contribution in [0.5, 0.6) is 0 Å². The fourth-order valence-corrected chi connectivity index (χ4v) is 0.655. The molecule has 0 amide bonds. The number of hydrogen-bond acceptors (Lipinski definition) is 4. The number of morpholine rings is 1. The van der Waals surface area contributed by atoms with Crippen molar-refractivity contribution in [3.05, 3.63) is 0 Å². The molecule has 10 heavy (non-hydrogen) atoms. The van der Waals surface area contributed by atoms with Crippen molar-refractivity contribution in [3.63, 3.8) is 0 Å². The molecule has 0 spiro atoms. The maximum Gasteiger partial charge on any atom is 0.335 e. The SMILES string of the molecule is CN1CCOCC1.O=S=O. The lowest BCUT2D eigenvalue weighted by Crippen LogP contribution is -2.32. The summed E-state index contributed by atoms with van der Waals surface area (Å²) in [6.07, 6.45) is 0. The van der Waals surface area contributed by atoms with Gasteiger partial charge in [-0.1, -0.05) is 0 Å². The molecule has 1 heterocycles. The molecular formula is C5H11NO3S. The highest BCUT2D eigenvalue weighted by Gasteiger charge is 2.02. The first-order chi connectivity index (χ1) is 4.81. The number of ether oxygens (including phenoxy) is 1. The maximum absolute atomic E-state index is 8.29. The molecule has 0 N–H and O–H groups in total. The minimum absolute atomic E-state index is 0.750. The summed E-state index contributed by atoms with van der Waals surface area (Å²) in [6, 6.07) is 0. The Morgan fingerprint density at radius 3 is 1.90 bits per heavy atom. The Balaban J connectivity index is 0.000000236. The minimum Gasteiger partial charge on any atom is -0.379 e. The van der Waals surface area contributed by atoms with Crippen LogP contribution in [0.25, 0.3) is 0 Å². The second-order valence-corrected chi connectivity index (χ2v) is 2.12. The zero-order chi connectivity index (χ0) is 7.82. The van der Waals surface area contributed by atoms with Crippen LogP contribution in [0.4, 0.5) is 0 Å². The Labute approximate surface area is 63.8 Å². The molecule has 0 atom stereocenters. The third-order valence-electron chi connectivity index (χ3n) is 1.23. The molecule has 0 aromatic heterocycles. The van der Waals surface area contributed by atoms with Crippen molar-refractivity contribution in [2.75, 3.05) is 33.4 Å². The Hall–Kier alpha value is -0.260. The molecule has 1 aliphatic rings. The van der Waals surface area contributed by atoms with Gasteiger partial charge >= 0.3 is 11.6 Å². The second kappa shape index (κ2) is 6.85. The molecule has 0 aromatic carbocycles. The van der Waals surface area contributed by atoms with Crippen molar-refractivity contribution in [2.24, 2.45) is 0 Å². The fraction of sp³-hybridized carbons (Fsp3) is 1.00. The van der Waals surface area contributed by atoms with E-state index in [2.05, 4.69) is 11.9 Å². The van der Waals surface area contributed by atoms with E-state index in [1.54, 1.807) is 0 Å². The van der Waals surface area contributed by atoms with Crippen molar-refractivity contribution >= 4 is 11.6 Å². The van der Waals surface area contributed by atoms with Gasteiger partial charge in [0.1, 0.15) is 0 Å². The highest BCUT2D eigenvalue weighted by molar-refractivity contribution is 7.51. The van der Waals surface area contributed by atoms with Gasteiger partial charge in [-0.3, -0.25) is 0 Å². The van der Waals surface area contributed by atoms with Gasteiger partial charge in [-0.05, 0) is 7.05 Å². The molecule has 0 saturated carbocycles. The molecule has 1 saturated heterocycles. The Kier molecular flexibility index (Phi) is 6.68. The van der Waals surface area contributed by atoms with E-state index >= 15 is 0 Å². The van der Waals surface area contributed by atoms with E-state index in [0.29, 0.717) is 0 Å². The van der Waals surface area contributed by atoms with E-state index in [-0.39, 0.29) is 0 Å². The van der Waals surface area contributed by atoms with Gasteiger partial charge in [0.2, 0.25) is 0 Å². The lowest BCUT2D eigenvalue weighted by molar-refractivity contribution is 0.0503.